The summed E-state index contributed by atoms with van der Waals surface area (Å²) >= 11 is 7.58. The second-order valence-electron chi connectivity index (χ2n) is 7.41. The van der Waals surface area contributed by atoms with Crippen LogP contribution >= 0.6 is 22.9 Å². The molecule has 0 radical (unpaired) electrons. The van der Waals surface area contributed by atoms with Gasteiger partial charge in [-0.25, -0.2) is 4.98 Å². The summed E-state index contributed by atoms with van der Waals surface area (Å²) in [4.78, 5) is 32.4. The monoisotopic (exact) mass is 456 g/mol. The number of nitro groups is 1. The van der Waals surface area contributed by atoms with Gasteiger partial charge in [-0.3, -0.25) is 19.8 Å². The molecule has 1 aliphatic heterocycles. The predicted octanol–water partition coefficient (Wildman–Crippen LogP) is 4.64. The highest BCUT2D eigenvalue weighted by atomic mass is 35.5. The van der Waals surface area contributed by atoms with Gasteiger partial charge in [-0.05, 0) is 25.1 Å². The van der Waals surface area contributed by atoms with Crippen LogP contribution in [0.3, 0.4) is 0 Å². The lowest BCUT2D eigenvalue weighted by molar-refractivity contribution is -0.385. The minimum Gasteiger partial charge on any atom is -0.336 e. The Labute approximate surface area is 189 Å². The van der Waals surface area contributed by atoms with Gasteiger partial charge in [-0.2, -0.15) is 0 Å². The molecule has 31 heavy (non-hydrogen) atoms. The number of aromatic nitrogens is 1. The van der Waals surface area contributed by atoms with Crippen LogP contribution in [-0.2, 0) is 6.54 Å². The van der Waals surface area contributed by atoms with E-state index in [-0.39, 0.29) is 11.6 Å². The van der Waals surface area contributed by atoms with Crippen LogP contribution in [0.25, 0.3) is 11.3 Å². The zero-order valence-corrected chi connectivity index (χ0v) is 18.5. The average Bonchev–Trinajstić information content (AvgIpc) is 3.23. The topological polar surface area (TPSA) is 79.6 Å². The first-order valence-corrected chi connectivity index (χ1v) is 11.1. The second kappa shape index (κ2) is 9.13. The molecule has 0 bridgehead atoms. The molecular weight excluding hydrogens is 436 g/mol. The third-order valence-electron chi connectivity index (χ3n) is 5.44. The molecule has 0 atom stereocenters. The van der Waals surface area contributed by atoms with Crippen molar-refractivity contribution in [3.63, 3.8) is 0 Å². The van der Waals surface area contributed by atoms with Gasteiger partial charge in [0.1, 0.15) is 5.01 Å². The van der Waals surface area contributed by atoms with Crippen molar-refractivity contribution in [1.29, 1.82) is 0 Å². The van der Waals surface area contributed by atoms with Gasteiger partial charge in [0.05, 0.1) is 17.2 Å². The molecule has 160 valence electrons. The fourth-order valence-corrected chi connectivity index (χ4v) is 4.63. The molecule has 2 heterocycles. The van der Waals surface area contributed by atoms with Crippen molar-refractivity contribution >= 4 is 34.5 Å². The molecule has 1 aliphatic rings. The second-order valence-corrected chi connectivity index (χ2v) is 8.79. The maximum absolute atomic E-state index is 12.9. The molecule has 3 aromatic rings. The Morgan fingerprint density at radius 2 is 1.87 bits per heavy atom. The number of carbonyl (C=O) groups is 1. The number of amides is 1. The van der Waals surface area contributed by atoms with Gasteiger partial charge >= 0.3 is 0 Å². The Hall–Kier alpha value is -2.81. The molecule has 7 nitrogen and oxygen atoms in total. The average molecular weight is 457 g/mol. The first kappa shape index (κ1) is 21.4. The lowest BCUT2D eigenvalue weighted by Crippen LogP contribution is -2.48. The fourth-order valence-electron chi connectivity index (χ4n) is 3.66. The minimum absolute atomic E-state index is 0.0234. The minimum atomic E-state index is -0.448. The van der Waals surface area contributed by atoms with Crippen molar-refractivity contribution in [1.82, 2.24) is 14.8 Å². The van der Waals surface area contributed by atoms with E-state index in [1.807, 2.05) is 29.6 Å². The molecule has 1 fully saturated rings. The van der Waals surface area contributed by atoms with Crippen LogP contribution in [0.2, 0.25) is 5.02 Å². The Morgan fingerprint density at radius 3 is 2.55 bits per heavy atom. The van der Waals surface area contributed by atoms with Gasteiger partial charge in [0.15, 0.2) is 0 Å². The number of hydrogen-bond acceptors (Lipinski definition) is 6. The highest BCUT2D eigenvalue weighted by Crippen LogP contribution is 2.25. The highest BCUT2D eigenvalue weighted by Gasteiger charge is 2.26. The van der Waals surface area contributed by atoms with E-state index in [2.05, 4.69) is 4.90 Å². The molecule has 0 unspecified atom stereocenters. The molecule has 0 N–H and O–H groups in total. The Balaban J connectivity index is 1.36. The summed E-state index contributed by atoms with van der Waals surface area (Å²) in [5.74, 6) is -0.153. The molecule has 0 saturated carbocycles. The van der Waals surface area contributed by atoms with Gasteiger partial charge in [0, 0.05) is 59.3 Å². The number of carbonyl (C=O) groups excluding carboxylic acids is 1. The summed E-state index contributed by atoms with van der Waals surface area (Å²) in [6, 6.07) is 12.3. The van der Waals surface area contributed by atoms with Crippen molar-refractivity contribution in [2.45, 2.75) is 13.5 Å². The summed E-state index contributed by atoms with van der Waals surface area (Å²) in [5, 5.41) is 14.9. The molecule has 1 saturated heterocycles. The quantitative estimate of drug-likeness (QED) is 0.413. The maximum Gasteiger partial charge on any atom is 0.273 e. The van der Waals surface area contributed by atoms with Gasteiger partial charge in [-0.1, -0.05) is 29.8 Å². The van der Waals surface area contributed by atoms with Crippen LogP contribution in [-0.4, -0.2) is 51.8 Å². The standard InChI is InChI=1S/C22H21ClN4O3S/c1-15-18(3-2-4-20(15)27(29)30)22(28)26-11-9-25(10-12-26)13-21-24-19(14-31-21)16-5-7-17(23)8-6-16/h2-8,14H,9-13H2,1H3. The SMILES string of the molecule is Cc1c(C(=O)N2CCN(Cc3nc(-c4ccc(Cl)cc4)cs3)CC2)cccc1[N+](=O)[O-]. The van der Waals surface area contributed by atoms with Crippen LogP contribution in [0.4, 0.5) is 5.69 Å². The van der Waals surface area contributed by atoms with E-state index in [0.29, 0.717) is 29.2 Å². The summed E-state index contributed by atoms with van der Waals surface area (Å²) in [6.07, 6.45) is 0. The molecule has 0 spiro atoms. The number of halogens is 1. The van der Waals surface area contributed by atoms with E-state index in [1.165, 1.54) is 6.07 Å². The lowest BCUT2D eigenvalue weighted by atomic mass is 10.1. The van der Waals surface area contributed by atoms with Crippen molar-refractivity contribution in [3.05, 3.63) is 79.1 Å². The summed E-state index contributed by atoms with van der Waals surface area (Å²) < 4.78 is 0. The number of benzene rings is 2. The maximum atomic E-state index is 12.9. The van der Waals surface area contributed by atoms with Crippen LogP contribution in [0.5, 0.6) is 0 Å². The zero-order chi connectivity index (χ0) is 22.0. The first-order valence-electron chi connectivity index (χ1n) is 9.88. The number of hydrogen-bond donors (Lipinski definition) is 0. The van der Waals surface area contributed by atoms with E-state index >= 15 is 0 Å². The molecule has 2 aromatic carbocycles. The van der Waals surface area contributed by atoms with Crippen LogP contribution in [0.15, 0.2) is 47.8 Å². The lowest BCUT2D eigenvalue weighted by Gasteiger charge is -2.34. The van der Waals surface area contributed by atoms with Gasteiger partial charge < -0.3 is 4.90 Å². The van der Waals surface area contributed by atoms with E-state index in [0.717, 1.165) is 35.9 Å². The molecule has 0 aliphatic carbocycles. The Bertz CT molecular complexity index is 1110. The number of thiazole rings is 1. The normalized spacial score (nSPS) is 14.6. The van der Waals surface area contributed by atoms with Crippen molar-refractivity contribution in [2.75, 3.05) is 26.2 Å². The molecular formula is C22H21ClN4O3S. The Kier molecular flexibility index (Phi) is 6.31. The first-order chi connectivity index (χ1) is 14.9. The summed E-state index contributed by atoms with van der Waals surface area (Å²) in [6.45, 7) is 4.98. The summed E-state index contributed by atoms with van der Waals surface area (Å²) in [5.41, 5.74) is 2.76. The van der Waals surface area contributed by atoms with Crippen molar-refractivity contribution in [2.24, 2.45) is 0 Å². The van der Waals surface area contributed by atoms with E-state index in [4.69, 9.17) is 16.6 Å². The van der Waals surface area contributed by atoms with E-state index in [1.54, 1.807) is 35.3 Å². The molecule has 1 amide bonds. The number of nitro benzene ring substituents is 1. The van der Waals surface area contributed by atoms with Crippen LogP contribution < -0.4 is 0 Å². The van der Waals surface area contributed by atoms with Gasteiger partial charge in [0.2, 0.25) is 0 Å². The zero-order valence-electron chi connectivity index (χ0n) is 17.0. The molecule has 9 heteroatoms. The summed E-state index contributed by atoms with van der Waals surface area (Å²) in [7, 11) is 0. The van der Waals surface area contributed by atoms with Crippen molar-refractivity contribution < 1.29 is 9.72 Å². The van der Waals surface area contributed by atoms with E-state index in [9.17, 15) is 14.9 Å². The Morgan fingerprint density at radius 1 is 1.16 bits per heavy atom. The van der Waals surface area contributed by atoms with Crippen molar-refractivity contribution in [3.8, 4) is 11.3 Å². The van der Waals surface area contributed by atoms with E-state index < -0.39 is 4.92 Å². The van der Waals surface area contributed by atoms with Gasteiger partial charge in [-0.15, -0.1) is 11.3 Å². The number of piperazine rings is 1. The number of nitrogens with zero attached hydrogens (tertiary/aromatic N) is 4. The third kappa shape index (κ3) is 4.76. The largest absolute Gasteiger partial charge is 0.336 e. The fraction of sp³-hybridized carbons (Fsp3) is 0.273. The van der Waals surface area contributed by atoms with Crippen LogP contribution in [0, 0.1) is 17.0 Å². The molecule has 4 rings (SSSR count). The smallest absolute Gasteiger partial charge is 0.273 e. The van der Waals surface area contributed by atoms with Gasteiger partial charge in [0.25, 0.3) is 11.6 Å². The van der Waals surface area contributed by atoms with Crippen LogP contribution in [0.1, 0.15) is 20.9 Å². The number of rotatable bonds is 5. The third-order valence-corrected chi connectivity index (χ3v) is 6.53. The highest BCUT2D eigenvalue weighted by molar-refractivity contribution is 7.09. The molecule has 1 aromatic heterocycles. The predicted molar refractivity (Wildman–Crippen MR) is 122 cm³/mol.